The summed E-state index contributed by atoms with van der Waals surface area (Å²) in [6.45, 7) is 6.28. The Labute approximate surface area is 124 Å². The zero-order valence-electron chi connectivity index (χ0n) is 12.5. The van der Waals surface area contributed by atoms with E-state index >= 15 is 0 Å². The van der Waals surface area contributed by atoms with Gasteiger partial charge in [0.25, 0.3) is 0 Å². The Morgan fingerprint density at radius 1 is 1.05 bits per heavy atom. The number of benzene rings is 1. The molecule has 0 atom stereocenters. The largest absolute Gasteiger partial charge is 0.396 e. The minimum atomic E-state index is -0.0954. The van der Waals surface area contributed by atoms with Crippen LogP contribution in [0.15, 0.2) is 48.9 Å². The highest BCUT2D eigenvalue weighted by Crippen LogP contribution is 2.27. The third-order valence-electron chi connectivity index (χ3n) is 3.31. The van der Waals surface area contributed by atoms with E-state index in [4.69, 9.17) is 5.73 Å². The quantitative estimate of drug-likeness (QED) is 0.785. The first-order valence-corrected chi connectivity index (χ1v) is 6.91. The molecule has 3 aromatic rings. The van der Waals surface area contributed by atoms with Crippen LogP contribution in [-0.4, -0.2) is 19.6 Å². The smallest absolute Gasteiger partial charge is 0.118 e. The van der Waals surface area contributed by atoms with Crippen molar-refractivity contribution in [3.8, 4) is 16.9 Å². The Hall–Kier alpha value is -2.56. The second kappa shape index (κ2) is 4.77. The predicted octanol–water partition coefficient (Wildman–Crippen LogP) is 3.07. The normalized spacial score (nSPS) is 11.8. The van der Waals surface area contributed by atoms with Gasteiger partial charge in [-0.1, -0.05) is 18.2 Å². The summed E-state index contributed by atoms with van der Waals surface area (Å²) in [5.41, 5.74) is 9.36. The maximum atomic E-state index is 6.10. The molecule has 0 aliphatic heterocycles. The predicted molar refractivity (Wildman–Crippen MR) is 84.2 cm³/mol. The van der Waals surface area contributed by atoms with Gasteiger partial charge in [0.15, 0.2) is 0 Å². The SMILES string of the molecule is CC(C)(C)n1cc(N)c(-c2cnn(-c3ccccc3)c2)n1. The van der Waals surface area contributed by atoms with E-state index in [1.807, 2.05) is 52.1 Å². The van der Waals surface area contributed by atoms with Crippen LogP contribution in [0, 0.1) is 0 Å². The average Bonchev–Trinajstić information content (AvgIpc) is 3.05. The number of rotatable bonds is 2. The van der Waals surface area contributed by atoms with E-state index in [9.17, 15) is 0 Å². The second-order valence-electron chi connectivity index (χ2n) is 6.06. The number of aromatic nitrogens is 4. The molecule has 2 N–H and O–H groups in total. The highest BCUT2D eigenvalue weighted by molar-refractivity contribution is 5.71. The minimum Gasteiger partial charge on any atom is -0.396 e. The molecule has 0 unspecified atom stereocenters. The zero-order valence-corrected chi connectivity index (χ0v) is 12.5. The van der Waals surface area contributed by atoms with Gasteiger partial charge in [0.2, 0.25) is 0 Å². The molecule has 0 fully saturated rings. The molecule has 21 heavy (non-hydrogen) atoms. The summed E-state index contributed by atoms with van der Waals surface area (Å²) < 4.78 is 3.71. The molecule has 0 radical (unpaired) electrons. The summed E-state index contributed by atoms with van der Waals surface area (Å²) in [7, 11) is 0. The molecule has 0 saturated carbocycles. The fourth-order valence-electron chi connectivity index (χ4n) is 2.12. The molecule has 0 amide bonds. The first-order chi connectivity index (χ1) is 9.95. The van der Waals surface area contributed by atoms with Gasteiger partial charge in [-0.05, 0) is 32.9 Å². The maximum absolute atomic E-state index is 6.10. The maximum Gasteiger partial charge on any atom is 0.118 e. The van der Waals surface area contributed by atoms with Crippen molar-refractivity contribution in [1.29, 1.82) is 0 Å². The fourth-order valence-corrected chi connectivity index (χ4v) is 2.12. The number of nitrogen functional groups attached to an aromatic ring is 1. The van der Waals surface area contributed by atoms with Crippen molar-refractivity contribution in [3.05, 3.63) is 48.9 Å². The Morgan fingerprint density at radius 3 is 2.38 bits per heavy atom. The lowest BCUT2D eigenvalue weighted by Gasteiger charge is -2.18. The van der Waals surface area contributed by atoms with Crippen molar-refractivity contribution in [2.75, 3.05) is 5.73 Å². The molecule has 3 rings (SSSR count). The fraction of sp³-hybridized carbons (Fsp3) is 0.250. The number of hydrogen-bond acceptors (Lipinski definition) is 3. The molecule has 0 aliphatic rings. The van der Waals surface area contributed by atoms with Crippen molar-refractivity contribution in [2.24, 2.45) is 0 Å². The van der Waals surface area contributed by atoms with E-state index in [1.165, 1.54) is 0 Å². The number of hydrogen-bond donors (Lipinski definition) is 1. The first kappa shape index (κ1) is 13.4. The Balaban J connectivity index is 1.99. The number of para-hydroxylation sites is 1. The van der Waals surface area contributed by atoms with E-state index in [2.05, 4.69) is 31.0 Å². The van der Waals surface area contributed by atoms with E-state index in [-0.39, 0.29) is 5.54 Å². The summed E-state index contributed by atoms with van der Waals surface area (Å²) >= 11 is 0. The van der Waals surface area contributed by atoms with Gasteiger partial charge in [0.1, 0.15) is 5.69 Å². The summed E-state index contributed by atoms with van der Waals surface area (Å²) in [6, 6.07) is 9.97. The number of anilines is 1. The van der Waals surface area contributed by atoms with E-state index in [1.54, 1.807) is 6.20 Å². The van der Waals surface area contributed by atoms with Crippen LogP contribution in [0.3, 0.4) is 0 Å². The molecule has 0 bridgehead atoms. The van der Waals surface area contributed by atoms with Crippen LogP contribution in [0.1, 0.15) is 20.8 Å². The van der Waals surface area contributed by atoms with Crippen molar-refractivity contribution in [1.82, 2.24) is 19.6 Å². The summed E-state index contributed by atoms with van der Waals surface area (Å²) in [5, 5.41) is 8.98. The van der Waals surface area contributed by atoms with E-state index in [0.29, 0.717) is 5.69 Å². The molecule has 108 valence electrons. The Bertz CT molecular complexity index is 747. The molecular weight excluding hydrogens is 262 g/mol. The van der Waals surface area contributed by atoms with Gasteiger partial charge in [-0.15, -0.1) is 0 Å². The molecule has 0 aliphatic carbocycles. The van der Waals surface area contributed by atoms with Gasteiger partial charge >= 0.3 is 0 Å². The lowest BCUT2D eigenvalue weighted by molar-refractivity contribution is 0.356. The van der Waals surface area contributed by atoms with Gasteiger partial charge in [-0.25, -0.2) is 4.68 Å². The van der Waals surface area contributed by atoms with Crippen molar-refractivity contribution >= 4 is 5.69 Å². The van der Waals surface area contributed by atoms with Crippen LogP contribution in [0.4, 0.5) is 5.69 Å². The molecule has 2 aromatic heterocycles. The lowest BCUT2D eigenvalue weighted by Crippen LogP contribution is -2.22. The highest BCUT2D eigenvalue weighted by Gasteiger charge is 2.18. The van der Waals surface area contributed by atoms with Crippen LogP contribution in [-0.2, 0) is 5.54 Å². The number of nitrogens with two attached hydrogens (primary N) is 1. The molecular formula is C16H19N5. The van der Waals surface area contributed by atoms with Crippen molar-refractivity contribution in [3.63, 3.8) is 0 Å². The molecule has 0 saturated heterocycles. The second-order valence-corrected chi connectivity index (χ2v) is 6.06. The third kappa shape index (κ3) is 2.54. The Kier molecular flexibility index (Phi) is 3.05. The molecule has 5 nitrogen and oxygen atoms in total. The van der Waals surface area contributed by atoms with Crippen LogP contribution in [0.25, 0.3) is 16.9 Å². The van der Waals surface area contributed by atoms with E-state index < -0.39 is 0 Å². The number of nitrogens with zero attached hydrogens (tertiary/aromatic N) is 4. The van der Waals surface area contributed by atoms with Gasteiger partial charge < -0.3 is 5.73 Å². The summed E-state index contributed by atoms with van der Waals surface area (Å²) in [4.78, 5) is 0. The molecule has 0 spiro atoms. The lowest BCUT2D eigenvalue weighted by atomic mass is 10.1. The van der Waals surface area contributed by atoms with E-state index in [0.717, 1.165) is 16.9 Å². The monoisotopic (exact) mass is 281 g/mol. The molecule has 1 aromatic carbocycles. The Morgan fingerprint density at radius 2 is 1.76 bits per heavy atom. The molecule has 5 heteroatoms. The van der Waals surface area contributed by atoms with Crippen LogP contribution in [0.2, 0.25) is 0 Å². The summed E-state index contributed by atoms with van der Waals surface area (Å²) in [6.07, 6.45) is 5.61. The summed E-state index contributed by atoms with van der Waals surface area (Å²) in [5.74, 6) is 0. The van der Waals surface area contributed by atoms with Crippen molar-refractivity contribution < 1.29 is 0 Å². The topological polar surface area (TPSA) is 61.7 Å². The van der Waals surface area contributed by atoms with Gasteiger partial charge in [0, 0.05) is 18.0 Å². The van der Waals surface area contributed by atoms with Crippen LogP contribution in [0.5, 0.6) is 0 Å². The highest BCUT2D eigenvalue weighted by atomic mass is 15.3. The van der Waals surface area contributed by atoms with Gasteiger partial charge in [-0.3, -0.25) is 4.68 Å². The van der Waals surface area contributed by atoms with Gasteiger partial charge in [0.05, 0.1) is 23.1 Å². The molecule has 2 heterocycles. The first-order valence-electron chi connectivity index (χ1n) is 6.91. The van der Waals surface area contributed by atoms with Crippen molar-refractivity contribution in [2.45, 2.75) is 26.3 Å². The third-order valence-corrected chi connectivity index (χ3v) is 3.31. The standard InChI is InChI=1S/C16H19N5/c1-16(2,3)21-11-14(17)15(19-21)12-9-18-20(10-12)13-7-5-4-6-8-13/h4-11H,17H2,1-3H3. The van der Waals surface area contributed by atoms with Crippen LogP contribution < -0.4 is 5.73 Å². The zero-order chi connectivity index (χ0) is 15.0. The van der Waals surface area contributed by atoms with Crippen LogP contribution >= 0.6 is 0 Å². The average molecular weight is 281 g/mol. The van der Waals surface area contributed by atoms with Gasteiger partial charge in [-0.2, -0.15) is 10.2 Å². The minimum absolute atomic E-state index is 0.0954.